The van der Waals surface area contributed by atoms with Gasteiger partial charge in [-0.3, -0.25) is 4.79 Å². The van der Waals surface area contributed by atoms with E-state index in [0.717, 1.165) is 0 Å². The molecule has 0 bridgehead atoms. The van der Waals surface area contributed by atoms with Crippen LogP contribution in [-0.2, 0) is 0 Å². The predicted molar refractivity (Wildman–Crippen MR) is 91.1 cm³/mol. The van der Waals surface area contributed by atoms with E-state index in [1.54, 1.807) is 18.2 Å². The monoisotopic (exact) mass is 398 g/mol. The average Bonchev–Trinajstić information content (AvgIpc) is 2.61. The van der Waals surface area contributed by atoms with E-state index < -0.39 is 35.7 Å². The normalized spacial score (nSPS) is 25.4. The van der Waals surface area contributed by atoms with Crippen LogP contribution in [0.1, 0.15) is 22.0 Å². The lowest BCUT2D eigenvalue weighted by Gasteiger charge is -2.45. The number of amides is 2. The standard InChI is InChI=1S/C18H14ClF3N2O3/c19-12-8-6-11(7-9-12)15(25)13-14(10-4-2-1-3-5-10)23-16(26)24-17(13,27)18(20,21)22/h1-9,13-14,27H,(H2,23,24,26). The lowest BCUT2D eigenvalue weighted by atomic mass is 9.77. The summed E-state index contributed by atoms with van der Waals surface area (Å²) in [7, 11) is 0. The van der Waals surface area contributed by atoms with Gasteiger partial charge in [0.1, 0.15) is 5.92 Å². The summed E-state index contributed by atoms with van der Waals surface area (Å²) in [4.78, 5) is 24.8. The lowest BCUT2D eigenvalue weighted by molar-refractivity contribution is -0.287. The van der Waals surface area contributed by atoms with Crippen molar-refractivity contribution in [2.45, 2.75) is 17.9 Å². The molecule has 1 aliphatic rings. The van der Waals surface area contributed by atoms with E-state index in [1.807, 2.05) is 0 Å². The van der Waals surface area contributed by atoms with Crippen LogP contribution in [0.25, 0.3) is 0 Å². The number of hydrogen-bond acceptors (Lipinski definition) is 3. The fraction of sp³-hybridized carbons (Fsp3) is 0.222. The Hall–Kier alpha value is -2.58. The largest absolute Gasteiger partial charge is 0.437 e. The summed E-state index contributed by atoms with van der Waals surface area (Å²) >= 11 is 5.76. The molecule has 1 heterocycles. The Morgan fingerprint density at radius 1 is 1.07 bits per heavy atom. The number of rotatable bonds is 3. The fourth-order valence-corrected chi connectivity index (χ4v) is 3.20. The third-order valence-electron chi connectivity index (χ3n) is 4.38. The molecular weight excluding hydrogens is 385 g/mol. The molecule has 3 rings (SSSR count). The number of hydrogen-bond donors (Lipinski definition) is 3. The lowest BCUT2D eigenvalue weighted by Crippen LogP contribution is -2.72. The van der Waals surface area contributed by atoms with Crippen LogP contribution >= 0.6 is 11.6 Å². The second-order valence-electron chi connectivity index (χ2n) is 6.10. The molecule has 2 amide bonds. The minimum Gasteiger partial charge on any atom is -0.363 e. The molecule has 1 saturated heterocycles. The first-order valence-corrected chi connectivity index (χ1v) is 8.24. The number of urea groups is 1. The average molecular weight is 399 g/mol. The quantitative estimate of drug-likeness (QED) is 0.693. The van der Waals surface area contributed by atoms with Crippen LogP contribution in [0.2, 0.25) is 5.02 Å². The first kappa shape index (κ1) is 19.2. The van der Waals surface area contributed by atoms with Gasteiger partial charge in [-0.25, -0.2) is 4.79 Å². The van der Waals surface area contributed by atoms with Crippen molar-refractivity contribution in [3.05, 3.63) is 70.7 Å². The highest BCUT2D eigenvalue weighted by Gasteiger charge is 2.66. The predicted octanol–water partition coefficient (Wildman–Crippen LogP) is 3.44. The van der Waals surface area contributed by atoms with Crippen LogP contribution in [0.5, 0.6) is 0 Å². The molecule has 0 saturated carbocycles. The molecule has 3 unspecified atom stereocenters. The van der Waals surface area contributed by atoms with Crippen molar-refractivity contribution in [1.82, 2.24) is 10.6 Å². The summed E-state index contributed by atoms with van der Waals surface area (Å²) in [5.41, 5.74) is -3.57. The van der Waals surface area contributed by atoms with Gasteiger partial charge in [0.2, 0.25) is 5.72 Å². The molecule has 9 heteroatoms. The molecule has 0 aliphatic carbocycles. The number of benzene rings is 2. The Balaban J connectivity index is 2.15. The SMILES string of the molecule is O=C1NC(c2ccccc2)C(C(=O)c2ccc(Cl)cc2)C(O)(C(F)(F)F)N1. The van der Waals surface area contributed by atoms with Crippen LogP contribution in [0.3, 0.4) is 0 Å². The van der Waals surface area contributed by atoms with Crippen molar-refractivity contribution in [1.29, 1.82) is 0 Å². The van der Waals surface area contributed by atoms with Crippen LogP contribution in [0.4, 0.5) is 18.0 Å². The summed E-state index contributed by atoms with van der Waals surface area (Å²) in [5.74, 6) is -3.05. The van der Waals surface area contributed by atoms with E-state index in [2.05, 4.69) is 5.32 Å². The number of halogens is 4. The zero-order valence-electron chi connectivity index (χ0n) is 13.6. The molecule has 2 aromatic carbocycles. The molecule has 1 fully saturated rings. The minimum atomic E-state index is -5.29. The van der Waals surface area contributed by atoms with E-state index >= 15 is 0 Å². The van der Waals surface area contributed by atoms with Gasteiger partial charge in [-0.15, -0.1) is 0 Å². The number of alkyl halides is 3. The Kier molecular flexibility index (Phi) is 4.88. The fourth-order valence-electron chi connectivity index (χ4n) is 3.07. The maximum atomic E-state index is 13.7. The number of carbonyl (C=O) groups is 2. The van der Waals surface area contributed by atoms with Crippen molar-refractivity contribution in [2.24, 2.45) is 5.92 Å². The summed E-state index contributed by atoms with van der Waals surface area (Å²) in [6.45, 7) is 0. The Morgan fingerprint density at radius 2 is 1.67 bits per heavy atom. The number of ketones is 1. The van der Waals surface area contributed by atoms with Crippen LogP contribution in [-0.4, -0.2) is 28.8 Å². The zero-order chi connectivity index (χ0) is 19.8. The van der Waals surface area contributed by atoms with Gasteiger partial charge in [-0.1, -0.05) is 41.9 Å². The van der Waals surface area contributed by atoms with Crippen molar-refractivity contribution in [3.8, 4) is 0 Å². The van der Waals surface area contributed by atoms with Gasteiger partial charge in [0.25, 0.3) is 0 Å². The number of nitrogens with one attached hydrogen (secondary N) is 2. The van der Waals surface area contributed by atoms with Crippen molar-refractivity contribution < 1.29 is 27.9 Å². The third kappa shape index (κ3) is 3.50. The molecule has 0 spiro atoms. The summed E-state index contributed by atoms with van der Waals surface area (Å²) in [6.07, 6.45) is -5.29. The van der Waals surface area contributed by atoms with Crippen LogP contribution in [0, 0.1) is 5.92 Å². The smallest absolute Gasteiger partial charge is 0.363 e. The van der Waals surface area contributed by atoms with Gasteiger partial charge in [-0.05, 0) is 29.8 Å². The Morgan fingerprint density at radius 3 is 2.22 bits per heavy atom. The van der Waals surface area contributed by atoms with Crippen molar-refractivity contribution in [3.63, 3.8) is 0 Å². The van der Waals surface area contributed by atoms with Crippen molar-refractivity contribution in [2.75, 3.05) is 0 Å². The Labute approximate surface area is 157 Å². The van der Waals surface area contributed by atoms with E-state index in [1.165, 1.54) is 41.7 Å². The van der Waals surface area contributed by atoms with Gasteiger partial charge in [0.05, 0.1) is 6.04 Å². The second kappa shape index (κ2) is 6.86. The number of Topliss-reactive ketones (excluding diaryl/α,β-unsaturated/α-hetero) is 1. The van der Waals surface area contributed by atoms with Gasteiger partial charge < -0.3 is 15.7 Å². The summed E-state index contributed by atoms with van der Waals surface area (Å²) in [5, 5.41) is 14.5. The maximum absolute atomic E-state index is 13.7. The Bertz CT molecular complexity index is 858. The first-order valence-electron chi connectivity index (χ1n) is 7.86. The van der Waals surface area contributed by atoms with Gasteiger partial charge in [0.15, 0.2) is 5.78 Å². The summed E-state index contributed by atoms with van der Waals surface area (Å²) < 4.78 is 41.1. The van der Waals surface area contributed by atoms with Gasteiger partial charge in [0, 0.05) is 10.6 Å². The van der Waals surface area contributed by atoms with Crippen LogP contribution in [0.15, 0.2) is 54.6 Å². The van der Waals surface area contributed by atoms with E-state index in [-0.39, 0.29) is 11.1 Å². The third-order valence-corrected chi connectivity index (χ3v) is 4.63. The van der Waals surface area contributed by atoms with Crippen LogP contribution < -0.4 is 10.6 Å². The van der Waals surface area contributed by atoms with E-state index in [4.69, 9.17) is 11.6 Å². The molecule has 2 aromatic rings. The molecule has 0 radical (unpaired) electrons. The molecule has 27 heavy (non-hydrogen) atoms. The van der Waals surface area contributed by atoms with E-state index in [0.29, 0.717) is 5.02 Å². The molecule has 1 aliphatic heterocycles. The summed E-state index contributed by atoms with van der Waals surface area (Å²) in [6, 6.07) is 10.3. The van der Waals surface area contributed by atoms with E-state index in [9.17, 15) is 27.9 Å². The van der Waals surface area contributed by atoms with Gasteiger partial charge >= 0.3 is 12.2 Å². The highest BCUT2D eigenvalue weighted by atomic mass is 35.5. The van der Waals surface area contributed by atoms with Crippen molar-refractivity contribution >= 4 is 23.4 Å². The molecular formula is C18H14ClF3N2O3. The molecule has 5 nitrogen and oxygen atoms in total. The second-order valence-corrected chi connectivity index (χ2v) is 6.54. The number of aliphatic hydroxyl groups is 1. The topological polar surface area (TPSA) is 78.4 Å². The highest BCUT2D eigenvalue weighted by Crippen LogP contribution is 2.43. The molecule has 142 valence electrons. The first-order chi connectivity index (χ1) is 12.6. The minimum absolute atomic E-state index is 0.0778. The molecule has 0 aromatic heterocycles. The number of carbonyl (C=O) groups excluding carboxylic acids is 2. The highest BCUT2D eigenvalue weighted by molar-refractivity contribution is 6.30. The zero-order valence-corrected chi connectivity index (χ0v) is 14.4. The molecule has 3 atom stereocenters. The maximum Gasteiger partial charge on any atom is 0.437 e. The van der Waals surface area contributed by atoms with Gasteiger partial charge in [-0.2, -0.15) is 13.2 Å². The molecule has 3 N–H and O–H groups in total.